The number of alkyl halides is 3. The molecule has 1 aromatic carbocycles. The molecule has 1 saturated carbocycles. The third-order valence-electron chi connectivity index (χ3n) is 7.32. The number of benzene rings is 1. The molecule has 0 N–H and O–H groups in total. The zero-order valence-corrected chi connectivity index (χ0v) is 22.5. The molecule has 1 aliphatic heterocycles. The van der Waals surface area contributed by atoms with Gasteiger partial charge in [0.1, 0.15) is 0 Å². The normalized spacial score (nSPS) is 21.7. The van der Waals surface area contributed by atoms with Crippen molar-refractivity contribution in [3.63, 3.8) is 0 Å². The summed E-state index contributed by atoms with van der Waals surface area (Å²) in [6, 6.07) is 2.43. The number of rotatable bonds is 5. The maximum Gasteiger partial charge on any atom is 0.417 e. The number of ether oxygens (including phenoxy) is 1. The van der Waals surface area contributed by atoms with Crippen molar-refractivity contribution < 1.29 is 27.5 Å². The summed E-state index contributed by atoms with van der Waals surface area (Å²) in [4.78, 5) is 44.3. The van der Waals surface area contributed by atoms with Crippen LogP contribution in [0.3, 0.4) is 0 Å². The van der Waals surface area contributed by atoms with Crippen LogP contribution in [-0.4, -0.2) is 39.0 Å². The Balaban J connectivity index is 1.53. The molecule has 0 radical (unpaired) electrons. The van der Waals surface area contributed by atoms with Crippen LogP contribution in [0.1, 0.15) is 79.2 Å². The van der Waals surface area contributed by atoms with E-state index in [1.54, 1.807) is 13.8 Å². The lowest BCUT2D eigenvalue weighted by Crippen LogP contribution is -2.46. The van der Waals surface area contributed by atoms with E-state index in [-0.39, 0.29) is 47.3 Å². The second kappa shape index (κ2) is 11.3. The van der Waals surface area contributed by atoms with Crippen molar-refractivity contribution in [3.05, 3.63) is 61.2 Å². The predicted molar refractivity (Wildman–Crippen MR) is 135 cm³/mol. The second-order valence-corrected chi connectivity index (χ2v) is 10.6. The molecule has 2 aliphatic rings. The molecule has 206 valence electrons. The Morgan fingerprint density at radius 3 is 2.47 bits per heavy atom. The lowest BCUT2D eigenvalue weighted by Gasteiger charge is -2.35. The molecule has 0 bridgehead atoms. The highest BCUT2D eigenvalue weighted by atomic mass is 35.5. The first-order valence-electron chi connectivity index (χ1n) is 12.5. The molecule has 1 amide bonds. The van der Waals surface area contributed by atoms with Gasteiger partial charge in [0.15, 0.2) is 0 Å². The van der Waals surface area contributed by atoms with Crippen LogP contribution < -0.4 is 5.56 Å². The van der Waals surface area contributed by atoms with E-state index in [2.05, 4.69) is 4.98 Å². The summed E-state index contributed by atoms with van der Waals surface area (Å²) in [6.07, 6.45) is -1.31. The molecule has 1 atom stereocenters. The molecular formula is C26H28Cl2F3N3O4. The third-order valence-corrected chi connectivity index (χ3v) is 7.92. The Morgan fingerprint density at radius 2 is 1.84 bits per heavy atom. The summed E-state index contributed by atoms with van der Waals surface area (Å²) in [5, 5.41) is -0.481. The van der Waals surface area contributed by atoms with Gasteiger partial charge in [-0.3, -0.25) is 19.0 Å². The van der Waals surface area contributed by atoms with Gasteiger partial charge in [-0.25, -0.2) is 4.98 Å². The van der Waals surface area contributed by atoms with Crippen molar-refractivity contribution in [1.82, 2.24) is 14.5 Å². The minimum atomic E-state index is -4.70. The van der Waals surface area contributed by atoms with Crippen LogP contribution in [0.5, 0.6) is 0 Å². The Hall–Kier alpha value is -2.59. The summed E-state index contributed by atoms with van der Waals surface area (Å²) in [5.41, 5.74) is -0.721. The van der Waals surface area contributed by atoms with Gasteiger partial charge >= 0.3 is 12.1 Å². The van der Waals surface area contributed by atoms with Crippen LogP contribution >= 0.6 is 23.2 Å². The summed E-state index contributed by atoms with van der Waals surface area (Å²) < 4.78 is 46.5. The molecule has 1 aliphatic carbocycles. The first-order chi connectivity index (χ1) is 17.9. The number of carbonyl (C=O) groups excluding carboxylic acids is 2. The fraction of sp³-hybridized carbons (Fsp3) is 0.538. The van der Waals surface area contributed by atoms with E-state index in [0.29, 0.717) is 37.1 Å². The fourth-order valence-electron chi connectivity index (χ4n) is 5.34. The number of fused-ring (bicyclic) bond motifs is 1. The highest BCUT2D eigenvalue weighted by Crippen LogP contribution is 2.37. The van der Waals surface area contributed by atoms with Crippen LogP contribution in [0.25, 0.3) is 0 Å². The van der Waals surface area contributed by atoms with E-state index >= 15 is 0 Å². The van der Waals surface area contributed by atoms with Crippen molar-refractivity contribution >= 4 is 35.1 Å². The number of nitrogens with zero attached hydrogens (tertiary/aromatic N) is 3. The van der Waals surface area contributed by atoms with E-state index in [1.807, 2.05) is 0 Å². The first kappa shape index (κ1) is 28.4. The molecule has 7 nitrogen and oxygen atoms in total. The van der Waals surface area contributed by atoms with E-state index in [4.69, 9.17) is 27.9 Å². The molecule has 2 aromatic rings. The summed E-state index contributed by atoms with van der Waals surface area (Å²) in [5.74, 6) is -0.647. The Morgan fingerprint density at radius 1 is 1.16 bits per heavy atom. The van der Waals surface area contributed by atoms with Crippen molar-refractivity contribution in [2.75, 3.05) is 6.61 Å². The van der Waals surface area contributed by atoms with Gasteiger partial charge in [-0.05, 0) is 81.7 Å². The van der Waals surface area contributed by atoms with Crippen LogP contribution in [0.4, 0.5) is 13.2 Å². The Labute approximate surface area is 227 Å². The molecular weight excluding hydrogens is 546 g/mol. The topological polar surface area (TPSA) is 81.5 Å². The maximum absolute atomic E-state index is 13.5. The molecule has 38 heavy (non-hydrogen) atoms. The van der Waals surface area contributed by atoms with E-state index < -0.39 is 28.7 Å². The second-order valence-electron chi connectivity index (χ2n) is 9.84. The van der Waals surface area contributed by atoms with Gasteiger partial charge in [-0.2, -0.15) is 13.2 Å². The molecule has 1 aromatic heterocycles. The molecule has 0 saturated heterocycles. The van der Waals surface area contributed by atoms with Crippen molar-refractivity contribution in [1.29, 1.82) is 0 Å². The monoisotopic (exact) mass is 573 g/mol. The van der Waals surface area contributed by atoms with Gasteiger partial charge in [0, 0.05) is 29.6 Å². The Kier molecular flexibility index (Phi) is 8.42. The predicted octanol–water partition coefficient (Wildman–Crippen LogP) is 5.84. The largest absolute Gasteiger partial charge is 0.466 e. The van der Waals surface area contributed by atoms with Crippen molar-refractivity contribution in [2.24, 2.45) is 5.92 Å². The summed E-state index contributed by atoms with van der Waals surface area (Å²) >= 11 is 12.2. The molecule has 1 fully saturated rings. The maximum atomic E-state index is 13.5. The lowest BCUT2D eigenvalue weighted by atomic mass is 9.84. The van der Waals surface area contributed by atoms with E-state index in [1.165, 1.54) is 15.5 Å². The van der Waals surface area contributed by atoms with Crippen molar-refractivity contribution in [2.45, 2.75) is 77.2 Å². The van der Waals surface area contributed by atoms with Gasteiger partial charge in [0.25, 0.3) is 11.5 Å². The molecule has 2 heterocycles. The van der Waals surface area contributed by atoms with Crippen LogP contribution in [-0.2, 0) is 28.7 Å². The number of esters is 1. The van der Waals surface area contributed by atoms with Gasteiger partial charge < -0.3 is 9.64 Å². The number of amides is 1. The number of hydrogen-bond donors (Lipinski definition) is 0. The minimum absolute atomic E-state index is 0.00963. The quantitative estimate of drug-likeness (QED) is 0.331. The molecule has 12 heteroatoms. The SMILES string of the molecule is CCOC(=O)C[C@H]1CC[C@@H](n2c(Cl)nc3c(c2=O)C[C@@H](C)N(C(=O)c2ccc(Cl)c(C(F)(F)F)c2)C3)CC1. The zero-order valence-electron chi connectivity index (χ0n) is 21.0. The number of carbonyl (C=O) groups is 2. The van der Waals surface area contributed by atoms with Gasteiger partial charge in [0.2, 0.25) is 5.28 Å². The van der Waals surface area contributed by atoms with E-state index in [0.717, 1.165) is 25.0 Å². The Bertz CT molecular complexity index is 1290. The average molecular weight is 574 g/mol. The van der Waals surface area contributed by atoms with Crippen LogP contribution in [0.15, 0.2) is 23.0 Å². The smallest absolute Gasteiger partial charge is 0.417 e. The molecule has 0 spiro atoms. The van der Waals surface area contributed by atoms with Crippen molar-refractivity contribution in [3.8, 4) is 0 Å². The standard InChI is InChI=1S/C26H28Cl2F3N3O4/c1-3-38-22(35)11-15-4-7-17(8-5-15)34-24(37)18-10-14(2)33(13-21(18)32-25(34)28)23(36)16-6-9-20(27)19(12-16)26(29,30)31/h6,9,12,14-15,17H,3-5,7-8,10-11,13H2,1-2H3/t14-,15-,17+/m1/s1. The highest BCUT2D eigenvalue weighted by molar-refractivity contribution is 6.31. The van der Waals surface area contributed by atoms with Crippen LogP contribution in [0.2, 0.25) is 10.3 Å². The summed E-state index contributed by atoms with van der Waals surface area (Å²) in [7, 11) is 0. The first-order valence-corrected chi connectivity index (χ1v) is 13.3. The summed E-state index contributed by atoms with van der Waals surface area (Å²) in [6.45, 7) is 3.79. The number of halogens is 5. The van der Waals surface area contributed by atoms with Crippen LogP contribution in [0, 0.1) is 5.92 Å². The minimum Gasteiger partial charge on any atom is -0.466 e. The lowest BCUT2D eigenvalue weighted by molar-refractivity contribution is -0.144. The zero-order chi connectivity index (χ0) is 27.8. The molecule has 4 rings (SSSR count). The average Bonchev–Trinajstić information content (AvgIpc) is 2.84. The third kappa shape index (κ3) is 5.86. The number of aromatic nitrogens is 2. The number of hydrogen-bond acceptors (Lipinski definition) is 5. The fourth-order valence-corrected chi connectivity index (χ4v) is 5.88. The van der Waals surface area contributed by atoms with Gasteiger partial charge in [-0.15, -0.1) is 0 Å². The van der Waals surface area contributed by atoms with Gasteiger partial charge in [-0.1, -0.05) is 11.6 Å². The molecule has 0 unspecified atom stereocenters. The van der Waals surface area contributed by atoms with Gasteiger partial charge in [0.05, 0.1) is 29.4 Å². The van der Waals surface area contributed by atoms with E-state index in [9.17, 15) is 27.6 Å². The highest BCUT2D eigenvalue weighted by Gasteiger charge is 2.36.